The first kappa shape index (κ1) is 18.9. The van der Waals surface area contributed by atoms with Crippen LogP contribution in [0.25, 0.3) is 0 Å². The third-order valence-corrected chi connectivity index (χ3v) is 5.38. The molecule has 2 aromatic carbocycles. The average Bonchev–Trinajstić information content (AvgIpc) is 2.54. The number of azo groups is 1. The van der Waals surface area contributed by atoms with Crippen LogP contribution in [0.15, 0.2) is 52.7 Å². The van der Waals surface area contributed by atoms with Gasteiger partial charge in [-0.05, 0) is 0 Å². The first-order chi connectivity index (χ1) is 11.7. The quantitative estimate of drug-likeness (QED) is 0.338. The Morgan fingerprint density at radius 3 is 2.40 bits per heavy atom. The molecule has 0 spiro atoms. The fraction of sp³-hybridized carbons (Fsp3) is 0.133. The summed E-state index contributed by atoms with van der Waals surface area (Å²) in [5.41, 5.74) is 6.01. The van der Waals surface area contributed by atoms with Crippen molar-refractivity contribution in [2.24, 2.45) is 16.0 Å². The summed E-state index contributed by atoms with van der Waals surface area (Å²) in [6.45, 7) is 0. The summed E-state index contributed by atoms with van der Waals surface area (Å²) in [6, 6.07) is 8.79. The second-order valence-corrected chi connectivity index (χ2v) is 8.50. The molecule has 0 unspecified atom stereocenters. The van der Waals surface area contributed by atoms with Gasteiger partial charge < -0.3 is 0 Å². The van der Waals surface area contributed by atoms with Crippen LogP contribution in [0.3, 0.4) is 0 Å². The summed E-state index contributed by atoms with van der Waals surface area (Å²) in [6.07, 6.45) is 0.0280. The Balaban J connectivity index is 2.33. The molecule has 25 heavy (non-hydrogen) atoms. The molecule has 0 heterocycles. The number of hydrogen-bond donors (Lipinski definition) is 5. The van der Waals surface area contributed by atoms with Crippen molar-refractivity contribution < 1.29 is 26.9 Å². The van der Waals surface area contributed by atoms with E-state index in [-0.39, 0.29) is 27.9 Å². The zero-order chi connectivity index (χ0) is 18.6. The van der Waals surface area contributed by atoms with Gasteiger partial charge in [0.25, 0.3) is 0 Å². The number of rotatable bonds is 6. The van der Waals surface area contributed by atoms with E-state index in [0.717, 1.165) is 0 Å². The van der Waals surface area contributed by atoms with Gasteiger partial charge in [0.05, 0.1) is 0 Å². The number of carboxylic acid groups (broad SMARTS) is 1. The number of nitrogens with two attached hydrogens (primary N) is 1. The maximum absolute atomic E-state index is 11.5. The second-order valence-electron chi connectivity index (χ2n) is 5.20. The van der Waals surface area contributed by atoms with E-state index in [1.54, 1.807) is 6.07 Å². The SMILES string of the molecule is N[C@@H](Cc1ccc(O)c(N=Nc2ccccc2[As](=O)(O)O)c1)C(=O)O. The maximum atomic E-state index is 11.5. The number of hydrogen-bond acceptors (Lipinski definition) is 6. The van der Waals surface area contributed by atoms with E-state index in [0.29, 0.717) is 5.56 Å². The molecule has 0 radical (unpaired) electrons. The summed E-state index contributed by atoms with van der Waals surface area (Å²) < 4.78 is 30.0. The van der Waals surface area contributed by atoms with Gasteiger partial charge in [-0.15, -0.1) is 0 Å². The number of benzene rings is 2. The molecule has 9 nitrogen and oxygen atoms in total. The number of phenolic OH excluding ortho intramolecular Hbond substituents is 1. The van der Waals surface area contributed by atoms with Crippen molar-refractivity contribution in [2.75, 3.05) is 0 Å². The molecule has 1 atom stereocenters. The van der Waals surface area contributed by atoms with Gasteiger partial charge in [0.1, 0.15) is 0 Å². The van der Waals surface area contributed by atoms with Crippen molar-refractivity contribution >= 4 is 35.9 Å². The zero-order valence-electron chi connectivity index (χ0n) is 12.9. The van der Waals surface area contributed by atoms with Crippen molar-refractivity contribution in [1.29, 1.82) is 0 Å². The molecular weight excluding hydrogens is 393 g/mol. The molecule has 0 aliphatic carbocycles. The molecule has 0 aliphatic rings. The van der Waals surface area contributed by atoms with Crippen molar-refractivity contribution in [3.8, 4) is 5.75 Å². The minimum absolute atomic E-state index is 0.0120. The van der Waals surface area contributed by atoms with Crippen molar-refractivity contribution in [3.05, 3.63) is 48.0 Å². The van der Waals surface area contributed by atoms with E-state index in [4.69, 9.17) is 10.8 Å². The van der Waals surface area contributed by atoms with Gasteiger partial charge in [-0.2, -0.15) is 0 Å². The Kier molecular flexibility index (Phi) is 5.76. The molecule has 0 fully saturated rings. The Labute approximate surface area is 145 Å². The molecular formula is C15H16AsN3O6. The number of aliphatic carboxylic acids is 1. The molecule has 132 valence electrons. The van der Waals surface area contributed by atoms with Crippen LogP contribution in [-0.2, 0) is 15.0 Å². The van der Waals surface area contributed by atoms with E-state index in [9.17, 15) is 21.8 Å². The van der Waals surface area contributed by atoms with E-state index in [1.165, 1.54) is 36.4 Å². The first-order valence-corrected chi connectivity index (χ1v) is 10.4. The van der Waals surface area contributed by atoms with Crippen molar-refractivity contribution in [1.82, 2.24) is 0 Å². The monoisotopic (exact) mass is 409 g/mol. The second kappa shape index (κ2) is 7.62. The molecule has 2 rings (SSSR count). The van der Waals surface area contributed by atoms with Gasteiger partial charge in [-0.25, -0.2) is 0 Å². The van der Waals surface area contributed by atoms with E-state index in [1.807, 2.05) is 0 Å². The fourth-order valence-electron chi connectivity index (χ4n) is 2.02. The number of carboxylic acids is 1. The number of carbonyl (C=O) groups is 1. The summed E-state index contributed by atoms with van der Waals surface area (Å²) in [5.74, 6) is -1.37. The standard InChI is InChI=1S/C15H16AsN3O6/c17-11(15(21)22)7-9-5-6-14(20)13(8-9)19-18-12-4-2-1-3-10(12)16(23,24)25/h1-6,8,11,20H,7,17H2,(H,21,22)(H2,23,24,25)/t11-/m0/s1. The van der Waals surface area contributed by atoms with E-state index in [2.05, 4.69) is 10.2 Å². The zero-order valence-corrected chi connectivity index (χ0v) is 14.7. The van der Waals surface area contributed by atoms with Crippen LogP contribution in [0.5, 0.6) is 5.75 Å². The molecule has 10 heteroatoms. The Hall–Kier alpha value is -2.45. The number of aromatic hydroxyl groups is 1. The first-order valence-electron chi connectivity index (χ1n) is 7.05. The summed E-state index contributed by atoms with van der Waals surface area (Å²) in [4.78, 5) is 10.8. The van der Waals surface area contributed by atoms with Crippen LogP contribution in [0.4, 0.5) is 11.4 Å². The molecule has 0 saturated heterocycles. The van der Waals surface area contributed by atoms with Gasteiger partial charge in [0.2, 0.25) is 0 Å². The van der Waals surface area contributed by atoms with Crippen LogP contribution in [0.2, 0.25) is 0 Å². The van der Waals surface area contributed by atoms with Crippen LogP contribution in [0, 0.1) is 0 Å². The molecule has 0 saturated carbocycles. The van der Waals surface area contributed by atoms with Gasteiger partial charge in [0, 0.05) is 0 Å². The predicted octanol–water partition coefficient (Wildman–Crippen LogP) is 0.323. The molecule has 0 aromatic heterocycles. The topological polar surface area (TPSA) is 166 Å². The van der Waals surface area contributed by atoms with Crippen LogP contribution in [0.1, 0.15) is 5.56 Å². The van der Waals surface area contributed by atoms with Gasteiger partial charge in [0.15, 0.2) is 0 Å². The molecule has 0 bridgehead atoms. The Bertz CT molecular complexity index is 864. The summed E-state index contributed by atoms with van der Waals surface area (Å²) in [5, 5.41) is 26.3. The Morgan fingerprint density at radius 1 is 1.12 bits per heavy atom. The minimum atomic E-state index is -5.18. The van der Waals surface area contributed by atoms with Gasteiger partial charge in [-0.1, -0.05) is 0 Å². The third-order valence-electron chi connectivity index (χ3n) is 3.27. The van der Waals surface area contributed by atoms with Crippen LogP contribution in [-0.4, -0.2) is 44.6 Å². The Morgan fingerprint density at radius 2 is 1.76 bits per heavy atom. The summed E-state index contributed by atoms with van der Waals surface area (Å²) in [7, 11) is 0. The van der Waals surface area contributed by atoms with E-state index < -0.39 is 26.2 Å². The molecule has 0 amide bonds. The molecule has 2 aromatic rings. The van der Waals surface area contributed by atoms with Crippen molar-refractivity contribution in [3.63, 3.8) is 0 Å². The number of nitrogens with zero attached hydrogens (tertiary/aromatic N) is 2. The van der Waals surface area contributed by atoms with Gasteiger partial charge >= 0.3 is 145 Å². The third kappa shape index (κ3) is 5.01. The molecule has 6 N–H and O–H groups in total. The fourth-order valence-corrected chi connectivity index (χ4v) is 3.48. The number of phenols is 1. The normalized spacial score (nSPS) is 13.1. The van der Waals surface area contributed by atoms with Crippen LogP contribution >= 0.6 is 0 Å². The predicted molar refractivity (Wildman–Crippen MR) is 88.6 cm³/mol. The summed E-state index contributed by atoms with van der Waals surface area (Å²) >= 11 is -5.18. The van der Waals surface area contributed by atoms with E-state index >= 15 is 0 Å². The van der Waals surface area contributed by atoms with Crippen LogP contribution < -0.4 is 10.1 Å². The molecule has 0 aliphatic heterocycles. The van der Waals surface area contributed by atoms with Gasteiger partial charge in [-0.3, -0.25) is 0 Å². The average molecular weight is 409 g/mol. The van der Waals surface area contributed by atoms with Crippen molar-refractivity contribution in [2.45, 2.75) is 12.5 Å².